The highest BCUT2D eigenvalue weighted by Gasteiger charge is 2.28. The summed E-state index contributed by atoms with van der Waals surface area (Å²) in [7, 11) is 1.64. The second-order valence-electron chi connectivity index (χ2n) is 7.78. The number of amides is 2. The predicted octanol–water partition coefficient (Wildman–Crippen LogP) is 5.38. The van der Waals surface area contributed by atoms with Crippen LogP contribution in [0.15, 0.2) is 71.7 Å². The molecule has 0 saturated carbocycles. The number of benzene rings is 3. The van der Waals surface area contributed by atoms with Crippen LogP contribution in [0.2, 0.25) is 5.02 Å². The second kappa shape index (κ2) is 9.03. The van der Waals surface area contributed by atoms with Crippen molar-refractivity contribution in [1.29, 1.82) is 0 Å². The number of hydrogen-bond donors (Lipinski definition) is 1. The number of anilines is 1. The molecule has 2 amide bonds. The summed E-state index contributed by atoms with van der Waals surface area (Å²) in [6.07, 6.45) is 0. The molecule has 7 nitrogen and oxygen atoms in total. The highest BCUT2D eigenvalue weighted by Crippen LogP contribution is 2.39. The Balaban J connectivity index is 1.36. The zero-order valence-electron chi connectivity index (χ0n) is 18.1. The van der Waals surface area contributed by atoms with E-state index in [1.165, 1.54) is 0 Å². The zero-order valence-corrected chi connectivity index (χ0v) is 18.9. The number of para-hydroxylation sites is 2. The minimum atomic E-state index is -0.129. The number of hydrogen-bond acceptors (Lipinski definition) is 5. The summed E-state index contributed by atoms with van der Waals surface area (Å²) >= 11 is 5.93. The van der Waals surface area contributed by atoms with Crippen LogP contribution >= 0.6 is 11.6 Å². The van der Waals surface area contributed by atoms with Gasteiger partial charge in [0.05, 0.1) is 12.7 Å². The molecule has 3 aromatic carbocycles. The minimum Gasteiger partial charge on any atom is -0.497 e. The van der Waals surface area contributed by atoms with E-state index in [4.69, 9.17) is 26.1 Å². The van der Waals surface area contributed by atoms with E-state index in [1.54, 1.807) is 36.3 Å². The topological polar surface area (TPSA) is 66.4 Å². The Morgan fingerprint density at radius 3 is 2.52 bits per heavy atom. The Bertz CT molecular complexity index is 1200. The van der Waals surface area contributed by atoms with Gasteiger partial charge in [-0.05, 0) is 54.6 Å². The lowest BCUT2D eigenvalue weighted by molar-refractivity contribution is 0.181. The third kappa shape index (κ3) is 4.45. The Morgan fingerprint density at radius 2 is 1.76 bits per heavy atom. The summed E-state index contributed by atoms with van der Waals surface area (Å²) in [4.78, 5) is 21.7. The van der Waals surface area contributed by atoms with Gasteiger partial charge in [-0.2, -0.15) is 0 Å². The van der Waals surface area contributed by atoms with Gasteiger partial charge < -0.3 is 24.6 Å². The molecule has 1 N–H and O–H groups in total. The third-order valence-electron chi connectivity index (χ3n) is 5.70. The number of fused-ring (bicyclic) bond motifs is 2. The summed E-state index contributed by atoms with van der Waals surface area (Å²) in [6, 6.07) is 20.4. The van der Waals surface area contributed by atoms with Crippen LogP contribution in [0.5, 0.6) is 17.2 Å². The molecule has 3 aromatic rings. The Labute approximate surface area is 197 Å². The van der Waals surface area contributed by atoms with Gasteiger partial charge in [-0.15, -0.1) is 0 Å². The fourth-order valence-electron chi connectivity index (χ4n) is 3.93. The summed E-state index contributed by atoms with van der Waals surface area (Å²) in [5.74, 6) is 2.98. The highest BCUT2D eigenvalue weighted by atomic mass is 35.5. The van der Waals surface area contributed by atoms with E-state index in [9.17, 15) is 4.79 Å². The van der Waals surface area contributed by atoms with E-state index in [-0.39, 0.29) is 6.03 Å². The lowest BCUT2D eigenvalue weighted by Crippen LogP contribution is -2.51. The average Bonchev–Trinajstić information content (AvgIpc) is 3.01. The molecule has 1 fully saturated rings. The first-order chi connectivity index (χ1) is 16.1. The molecule has 168 valence electrons. The van der Waals surface area contributed by atoms with Gasteiger partial charge in [0.15, 0.2) is 5.75 Å². The van der Waals surface area contributed by atoms with Crippen LogP contribution in [0, 0.1) is 0 Å². The first kappa shape index (κ1) is 21.2. The molecule has 0 radical (unpaired) electrons. The molecule has 33 heavy (non-hydrogen) atoms. The SMILES string of the molecule is COc1ccc2c(c1)C(N1CCN(C(=O)Nc3ccc(Cl)cc3)CC1)=Nc1ccccc1O2. The largest absolute Gasteiger partial charge is 0.497 e. The molecule has 2 heterocycles. The molecule has 1 saturated heterocycles. The molecule has 8 heteroatoms. The Hall–Kier alpha value is -3.71. The van der Waals surface area contributed by atoms with E-state index in [0.717, 1.165) is 34.3 Å². The zero-order chi connectivity index (χ0) is 22.8. The number of carbonyl (C=O) groups is 1. The van der Waals surface area contributed by atoms with Crippen molar-refractivity contribution in [3.63, 3.8) is 0 Å². The summed E-state index contributed by atoms with van der Waals surface area (Å²) in [5.41, 5.74) is 2.35. The monoisotopic (exact) mass is 462 g/mol. The molecule has 0 atom stereocenters. The molecule has 0 aromatic heterocycles. The van der Waals surface area contributed by atoms with E-state index in [2.05, 4.69) is 10.2 Å². The van der Waals surface area contributed by atoms with Crippen LogP contribution in [-0.2, 0) is 0 Å². The molecule has 0 spiro atoms. The lowest BCUT2D eigenvalue weighted by Gasteiger charge is -2.36. The van der Waals surface area contributed by atoms with Gasteiger partial charge in [0.2, 0.25) is 0 Å². The van der Waals surface area contributed by atoms with Crippen molar-refractivity contribution in [3.8, 4) is 17.2 Å². The molecule has 2 aliphatic rings. The summed E-state index contributed by atoms with van der Waals surface area (Å²) < 4.78 is 11.6. The number of ether oxygens (including phenoxy) is 2. The number of piperazine rings is 1. The number of aliphatic imine (C=N–C) groups is 1. The number of urea groups is 1. The van der Waals surface area contributed by atoms with Crippen molar-refractivity contribution in [2.45, 2.75) is 0 Å². The quantitative estimate of drug-likeness (QED) is 0.555. The molecule has 0 unspecified atom stereocenters. The van der Waals surface area contributed by atoms with Crippen LogP contribution in [0.3, 0.4) is 0 Å². The van der Waals surface area contributed by atoms with E-state index < -0.39 is 0 Å². The van der Waals surface area contributed by atoms with Crippen molar-refractivity contribution < 1.29 is 14.3 Å². The van der Waals surface area contributed by atoms with E-state index in [0.29, 0.717) is 37.0 Å². The number of nitrogens with zero attached hydrogens (tertiary/aromatic N) is 3. The molecular formula is C25H23ClN4O3. The van der Waals surface area contributed by atoms with Crippen molar-refractivity contribution in [1.82, 2.24) is 9.80 Å². The fourth-order valence-corrected chi connectivity index (χ4v) is 4.05. The van der Waals surface area contributed by atoms with Crippen LogP contribution in [0.4, 0.5) is 16.2 Å². The Kier molecular flexibility index (Phi) is 5.79. The minimum absolute atomic E-state index is 0.129. The highest BCUT2D eigenvalue weighted by molar-refractivity contribution is 6.30. The number of nitrogens with one attached hydrogen (secondary N) is 1. The summed E-state index contributed by atoms with van der Waals surface area (Å²) in [5, 5.41) is 3.56. The maximum absolute atomic E-state index is 12.7. The predicted molar refractivity (Wildman–Crippen MR) is 129 cm³/mol. The number of carbonyl (C=O) groups excluding carboxylic acids is 1. The van der Waals surface area contributed by atoms with Crippen LogP contribution in [-0.4, -0.2) is 55.0 Å². The van der Waals surface area contributed by atoms with Crippen molar-refractivity contribution in [2.75, 3.05) is 38.6 Å². The first-order valence-corrected chi connectivity index (χ1v) is 11.1. The van der Waals surface area contributed by atoms with Gasteiger partial charge in [-0.3, -0.25) is 0 Å². The summed E-state index contributed by atoms with van der Waals surface area (Å²) in [6.45, 7) is 2.43. The number of halogens is 1. The third-order valence-corrected chi connectivity index (χ3v) is 5.95. The van der Waals surface area contributed by atoms with Gasteiger partial charge in [-0.1, -0.05) is 23.7 Å². The van der Waals surface area contributed by atoms with Crippen LogP contribution < -0.4 is 14.8 Å². The van der Waals surface area contributed by atoms with Gasteiger partial charge in [0, 0.05) is 36.9 Å². The molecular weight excluding hydrogens is 440 g/mol. The van der Waals surface area contributed by atoms with Crippen molar-refractivity contribution in [2.24, 2.45) is 4.99 Å². The van der Waals surface area contributed by atoms with Crippen molar-refractivity contribution in [3.05, 3.63) is 77.3 Å². The van der Waals surface area contributed by atoms with Crippen molar-refractivity contribution >= 4 is 34.8 Å². The standard InChI is InChI=1S/C25H23ClN4O3/c1-32-19-10-11-22-20(16-19)24(28-21-4-2-3-5-23(21)33-22)29-12-14-30(15-13-29)25(31)27-18-8-6-17(26)7-9-18/h2-11,16H,12-15H2,1H3,(H,27,31). The second-order valence-corrected chi connectivity index (χ2v) is 8.21. The van der Waals surface area contributed by atoms with Crippen LogP contribution in [0.1, 0.15) is 5.56 Å². The number of rotatable bonds is 2. The normalized spacial score (nSPS) is 14.9. The Morgan fingerprint density at radius 1 is 1.00 bits per heavy atom. The maximum Gasteiger partial charge on any atom is 0.321 e. The van der Waals surface area contributed by atoms with E-state index >= 15 is 0 Å². The lowest BCUT2D eigenvalue weighted by atomic mass is 10.1. The smallest absolute Gasteiger partial charge is 0.321 e. The number of amidine groups is 1. The fraction of sp³-hybridized carbons (Fsp3) is 0.200. The maximum atomic E-state index is 12.7. The van der Waals surface area contributed by atoms with Gasteiger partial charge in [-0.25, -0.2) is 9.79 Å². The van der Waals surface area contributed by atoms with E-state index in [1.807, 2.05) is 42.5 Å². The first-order valence-electron chi connectivity index (χ1n) is 10.7. The average molecular weight is 463 g/mol. The van der Waals surface area contributed by atoms with Gasteiger partial charge in [0.25, 0.3) is 0 Å². The van der Waals surface area contributed by atoms with Gasteiger partial charge in [0.1, 0.15) is 23.0 Å². The van der Waals surface area contributed by atoms with Crippen LogP contribution in [0.25, 0.3) is 0 Å². The molecule has 0 aliphatic carbocycles. The van der Waals surface area contributed by atoms with Gasteiger partial charge >= 0.3 is 6.03 Å². The molecule has 2 aliphatic heterocycles. The molecule has 5 rings (SSSR count). The molecule has 0 bridgehead atoms. The number of methoxy groups -OCH3 is 1.